The first kappa shape index (κ1) is 23.5. The number of imidazole rings is 1. The number of nitrogens with zero attached hydrogens (tertiary/aromatic N) is 2. The van der Waals surface area contributed by atoms with Gasteiger partial charge in [-0.15, -0.1) is 0 Å². The number of fused-ring (bicyclic) bond motifs is 2. The molecule has 0 aliphatic carbocycles. The van der Waals surface area contributed by atoms with Gasteiger partial charge in [-0.05, 0) is 68.4 Å². The third kappa shape index (κ3) is 4.68. The largest absolute Gasteiger partial charge is 0.494 e. The molecule has 0 atom stereocenters. The predicted octanol–water partition coefficient (Wildman–Crippen LogP) is 7.40. The van der Waals surface area contributed by atoms with E-state index in [4.69, 9.17) is 18.9 Å². The van der Waals surface area contributed by atoms with E-state index in [0.717, 1.165) is 43.0 Å². The molecule has 8 heteroatoms. The first-order chi connectivity index (χ1) is 17.1. The number of furan rings is 1. The molecule has 178 valence electrons. The van der Waals surface area contributed by atoms with Crippen LogP contribution in [0.25, 0.3) is 27.7 Å². The van der Waals surface area contributed by atoms with Gasteiger partial charge in [-0.3, -0.25) is 4.57 Å². The Labute approximate surface area is 215 Å². The molecule has 5 rings (SSSR count). The first-order valence-corrected chi connectivity index (χ1v) is 13.1. The number of thioether (sulfide) groups is 1. The number of hydrogen-bond donors (Lipinski definition) is 0. The summed E-state index contributed by atoms with van der Waals surface area (Å²) in [6, 6.07) is 21.7. The number of esters is 1. The zero-order chi connectivity index (χ0) is 24.4. The lowest BCUT2D eigenvalue weighted by atomic mass is 10.1. The quantitative estimate of drug-likeness (QED) is 0.148. The zero-order valence-electron chi connectivity index (χ0n) is 19.3. The summed E-state index contributed by atoms with van der Waals surface area (Å²) in [6.45, 7) is 4.64. The van der Waals surface area contributed by atoms with Crippen LogP contribution in [0.1, 0.15) is 30.0 Å². The van der Waals surface area contributed by atoms with Gasteiger partial charge in [0.2, 0.25) is 5.76 Å². The Bertz CT molecular complexity index is 1510. The van der Waals surface area contributed by atoms with Crippen LogP contribution in [-0.2, 0) is 10.5 Å². The fourth-order valence-corrected chi connectivity index (χ4v) is 5.39. The molecule has 0 aliphatic heterocycles. The lowest BCUT2D eigenvalue weighted by molar-refractivity contribution is 0.0491. The van der Waals surface area contributed by atoms with Crippen molar-refractivity contribution in [2.75, 3.05) is 13.2 Å². The molecule has 0 unspecified atom stereocenters. The molecule has 0 saturated carbocycles. The van der Waals surface area contributed by atoms with Crippen LogP contribution in [-0.4, -0.2) is 28.7 Å². The molecule has 0 fully saturated rings. The van der Waals surface area contributed by atoms with Crippen LogP contribution >= 0.6 is 27.7 Å². The third-order valence-electron chi connectivity index (χ3n) is 5.50. The van der Waals surface area contributed by atoms with Crippen LogP contribution in [0.4, 0.5) is 0 Å². The number of aromatic nitrogens is 2. The average molecular weight is 551 g/mol. The molecule has 0 aliphatic rings. The van der Waals surface area contributed by atoms with Crippen molar-refractivity contribution in [2.45, 2.75) is 24.8 Å². The molecule has 2 heterocycles. The average Bonchev–Trinajstić information content (AvgIpc) is 3.41. The van der Waals surface area contributed by atoms with Gasteiger partial charge < -0.3 is 13.9 Å². The van der Waals surface area contributed by atoms with Gasteiger partial charge in [0.15, 0.2) is 5.16 Å². The Hall–Kier alpha value is -3.23. The number of para-hydroxylation sites is 2. The van der Waals surface area contributed by atoms with Crippen molar-refractivity contribution in [3.63, 3.8) is 0 Å². The van der Waals surface area contributed by atoms with Crippen LogP contribution in [0.5, 0.6) is 5.75 Å². The molecule has 3 aromatic carbocycles. The van der Waals surface area contributed by atoms with Crippen molar-refractivity contribution in [3.05, 3.63) is 82.5 Å². The summed E-state index contributed by atoms with van der Waals surface area (Å²) in [5, 5.41) is 1.69. The Morgan fingerprint density at radius 3 is 2.63 bits per heavy atom. The van der Waals surface area contributed by atoms with E-state index in [1.54, 1.807) is 18.7 Å². The maximum absolute atomic E-state index is 12.7. The minimum atomic E-state index is -0.463. The Morgan fingerprint density at radius 2 is 1.86 bits per heavy atom. The van der Waals surface area contributed by atoms with E-state index in [2.05, 4.69) is 26.6 Å². The van der Waals surface area contributed by atoms with E-state index in [-0.39, 0.29) is 12.4 Å². The Balaban J connectivity index is 1.56. The summed E-state index contributed by atoms with van der Waals surface area (Å²) in [6.07, 6.45) is 0. The van der Waals surface area contributed by atoms with Crippen LogP contribution in [0.15, 0.2) is 80.8 Å². The topological polar surface area (TPSA) is 66.5 Å². The van der Waals surface area contributed by atoms with Crippen molar-refractivity contribution in [1.29, 1.82) is 0 Å². The van der Waals surface area contributed by atoms with Gasteiger partial charge >= 0.3 is 5.97 Å². The fraction of sp³-hybridized carbons (Fsp3) is 0.185. The SMILES string of the molecule is CCOC(=O)c1oc2ccc(Br)cc2c1CSc1nc2ccccc2n1-c1ccc(OCC)cc1. The fourth-order valence-electron chi connectivity index (χ4n) is 3.97. The number of carbonyl (C=O) groups is 1. The Morgan fingerprint density at radius 1 is 1.06 bits per heavy atom. The summed E-state index contributed by atoms with van der Waals surface area (Å²) in [4.78, 5) is 17.6. The number of benzene rings is 3. The number of rotatable bonds is 8. The van der Waals surface area contributed by atoms with Crippen molar-refractivity contribution >= 4 is 55.7 Å². The molecule has 0 N–H and O–H groups in total. The van der Waals surface area contributed by atoms with E-state index in [0.29, 0.717) is 17.9 Å². The molecular weight excluding hydrogens is 528 g/mol. The summed E-state index contributed by atoms with van der Waals surface area (Å²) in [7, 11) is 0. The highest BCUT2D eigenvalue weighted by atomic mass is 79.9. The molecule has 0 radical (unpaired) electrons. The normalized spacial score (nSPS) is 11.3. The maximum atomic E-state index is 12.7. The second kappa shape index (κ2) is 10.2. The third-order valence-corrected chi connectivity index (χ3v) is 6.95. The highest BCUT2D eigenvalue weighted by Crippen LogP contribution is 2.36. The maximum Gasteiger partial charge on any atom is 0.374 e. The van der Waals surface area contributed by atoms with Gasteiger partial charge in [-0.25, -0.2) is 9.78 Å². The van der Waals surface area contributed by atoms with Crippen LogP contribution in [0, 0.1) is 0 Å². The molecule has 35 heavy (non-hydrogen) atoms. The molecule has 0 bridgehead atoms. The lowest BCUT2D eigenvalue weighted by Crippen LogP contribution is -2.06. The van der Waals surface area contributed by atoms with E-state index in [9.17, 15) is 4.79 Å². The highest BCUT2D eigenvalue weighted by molar-refractivity contribution is 9.10. The highest BCUT2D eigenvalue weighted by Gasteiger charge is 2.23. The van der Waals surface area contributed by atoms with Crippen molar-refractivity contribution in [1.82, 2.24) is 9.55 Å². The smallest absolute Gasteiger partial charge is 0.374 e. The molecule has 0 amide bonds. The molecule has 5 aromatic rings. The summed E-state index contributed by atoms with van der Waals surface area (Å²) < 4.78 is 19.8. The van der Waals surface area contributed by atoms with Gasteiger partial charge in [0.25, 0.3) is 0 Å². The standard InChI is InChI=1S/C27H23BrN2O4S/c1-3-32-19-12-10-18(11-13-19)30-23-8-6-5-7-22(23)29-27(30)35-16-21-20-15-17(28)9-14-24(20)34-25(21)26(31)33-4-2/h5-15H,3-4,16H2,1-2H3. The minimum absolute atomic E-state index is 0.233. The molecule has 6 nitrogen and oxygen atoms in total. The van der Waals surface area contributed by atoms with Gasteiger partial charge in [0, 0.05) is 26.9 Å². The molecular formula is C27H23BrN2O4S. The summed E-state index contributed by atoms with van der Waals surface area (Å²) in [5.74, 6) is 1.08. The van der Waals surface area contributed by atoms with Crippen LogP contribution in [0.2, 0.25) is 0 Å². The van der Waals surface area contributed by atoms with Crippen molar-refractivity contribution in [2.24, 2.45) is 0 Å². The molecule has 0 saturated heterocycles. The van der Waals surface area contributed by atoms with Crippen LogP contribution < -0.4 is 4.74 Å². The first-order valence-electron chi connectivity index (χ1n) is 11.3. The number of halogens is 1. The summed E-state index contributed by atoms with van der Waals surface area (Å²) in [5.41, 5.74) is 4.32. The van der Waals surface area contributed by atoms with E-state index >= 15 is 0 Å². The van der Waals surface area contributed by atoms with E-state index in [1.165, 1.54) is 0 Å². The van der Waals surface area contributed by atoms with Crippen molar-refractivity contribution < 1.29 is 18.7 Å². The molecule has 0 spiro atoms. The van der Waals surface area contributed by atoms with Gasteiger partial charge in [-0.1, -0.05) is 39.8 Å². The minimum Gasteiger partial charge on any atom is -0.494 e. The monoisotopic (exact) mass is 550 g/mol. The van der Waals surface area contributed by atoms with Gasteiger partial charge in [-0.2, -0.15) is 0 Å². The van der Waals surface area contributed by atoms with E-state index in [1.807, 2.05) is 67.6 Å². The predicted molar refractivity (Wildman–Crippen MR) is 142 cm³/mol. The van der Waals surface area contributed by atoms with E-state index < -0.39 is 5.97 Å². The lowest BCUT2D eigenvalue weighted by Gasteiger charge is -2.10. The number of hydrogen-bond acceptors (Lipinski definition) is 6. The van der Waals surface area contributed by atoms with Crippen LogP contribution in [0.3, 0.4) is 0 Å². The summed E-state index contributed by atoms with van der Waals surface area (Å²) >= 11 is 5.08. The number of ether oxygens (including phenoxy) is 2. The van der Waals surface area contributed by atoms with Gasteiger partial charge in [0.05, 0.1) is 24.2 Å². The van der Waals surface area contributed by atoms with Gasteiger partial charge in [0.1, 0.15) is 11.3 Å². The van der Waals surface area contributed by atoms with Crippen molar-refractivity contribution in [3.8, 4) is 11.4 Å². The zero-order valence-corrected chi connectivity index (χ0v) is 21.7. The second-order valence-electron chi connectivity index (χ2n) is 7.70. The Kier molecular flexibility index (Phi) is 6.83. The number of carbonyl (C=O) groups excluding carboxylic acids is 1. The second-order valence-corrected chi connectivity index (χ2v) is 9.56. The molecule has 2 aromatic heterocycles.